The van der Waals surface area contributed by atoms with Crippen LogP contribution in [0.5, 0.6) is 0 Å². The molecule has 0 amide bonds. The van der Waals surface area contributed by atoms with Crippen molar-refractivity contribution in [1.82, 2.24) is 0 Å². The van der Waals surface area contributed by atoms with Crippen LogP contribution in [-0.2, 0) is 4.79 Å². The average Bonchev–Trinajstić information content (AvgIpc) is 2.49. The van der Waals surface area contributed by atoms with Crippen LogP contribution in [-0.4, -0.2) is 10.9 Å². The number of aliphatic hydroxyl groups is 1. The highest BCUT2D eigenvalue weighted by Gasteiger charge is 2.12. The zero-order valence-electron chi connectivity index (χ0n) is 11.0. The van der Waals surface area contributed by atoms with Gasteiger partial charge >= 0.3 is 0 Å². The van der Waals surface area contributed by atoms with Gasteiger partial charge in [-0.3, -0.25) is 4.79 Å². The lowest BCUT2D eigenvalue weighted by molar-refractivity contribution is -0.113. The Kier molecular flexibility index (Phi) is 4.39. The molecule has 2 aromatic carbocycles. The van der Waals surface area contributed by atoms with Gasteiger partial charge < -0.3 is 5.11 Å². The third kappa shape index (κ3) is 3.38. The molecule has 0 aliphatic heterocycles. The number of azo groups is 1. The summed E-state index contributed by atoms with van der Waals surface area (Å²) in [6.45, 7) is 1.35. The van der Waals surface area contributed by atoms with Gasteiger partial charge in [0, 0.05) is 12.5 Å². The maximum absolute atomic E-state index is 11.6. The van der Waals surface area contributed by atoms with Crippen molar-refractivity contribution < 1.29 is 9.90 Å². The molecular weight excluding hydrogens is 252 g/mol. The number of hydrogen-bond acceptors (Lipinski definition) is 4. The Morgan fingerprint density at radius 3 is 2.05 bits per heavy atom. The summed E-state index contributed by atoms with van der Waals surface area (Å²) in [4.78, 5) is 11.6. The predicted molar refractivity (Wildman–Crippen MR) is 77.6 cm³/mol. The summed E-state index contributed by atoms with van der Waals surface area (Å²) in [5, 5.41) is 18.0. The molecule has 0 bridgehead atoms. The van der Waals surface area contributed by atoms with E-state index in [9.17, 15) is 9.90 Å². The van der Waals surface area contributed by atoms with Crippen LogP contribution in [0.1, 0.15) is 12.5 Å². The van der Waals surface area contributed by atoms with Crippen LogP contribution in [0.3, 0.4) is 0 Å². The highest BCUT2D eigenvalue weighted by molar-refractivity contribution is 5.99. The Hall–Kier alpha value is -2.75. The molecule has 0 aliphatic carbocycles. The Labute approximate surface area is 117 Å². The Bertz CT molecular complexity index is 647. The van der Waals surface area contributed by atoms with Crippen molar-refractivity contribution in [3.8, 4) is 0 Å². The van der Waals surface area contributed by atoms with Gasteiger partial charge in [0.25, 0.3) is 0 Å². The summed E-state index contributed by atoms with van der Waals surface area (Å²) in [6.07, 6.45) is 0. The minimum atomic E-state index is -0.342. The molecule has 0 saturated heterocycles. The van der Waals surface area contributed by atoms with Gasteiger partial charge in [0.2, 0.25) is 0 Å². The van der Waals surface area contributed by atoms with Crippen molar-refractivity contribution >= 4 is 17.2 Å². The van der Waals surface area contributed by atoms with E-state index < -0.39 is 0 Å². The van der Waals surface area contributed by atoms with E-state index in [1.807, 2.05) is 24.3 Å². The van der Waals surface area contributed by atoms with Gasteiger partial charge in [0.15, 0.2) is 17.2 Å². The molecule has 0 aliphatic rings. The molecular formula is C16H14N2O2. The van der Waals surface area contributed by atoms with Crippen molar-refractivity contribution in [2.75, 3.05) is 0 Å². The normalized spacial score (nSPS) is 12.2. The lowest BCUT2D eigenvalue weighted by Crippen LogP contribution is -1.98. The van der Waals surface area contributed by atoms with E-state index in [4.69, 9.17) is 0 Å². The maximum Gasteiger partial charge on any atom is 0.183 e. The van der Waals surface area contributed by atoms with Crippen LogP contribution in [0, 0.1) is 0 Å². The summed E-state index contributed by atoms with van der Waals surface area (Å²) in [5.41, 5.74) is 1.09. The standard InChI is InChI=1S/C16H14N2O2/c1-12(19)15(16(20)13-8-4-2-5-9-13)18-17-14-10-6-3-7-11-14/h2-11,20H,1H3. The van der Waals surface area contributed by atoms with E-state index >= 15 is 0 Å². The lowest BCUT2D eigenvalue weighted by atomic mass is 10.1. The summed E-state index contributed by atoms with van der Waals surface area (Å²) in [6, 6.07) is 17.8. The number of Topliss-reactive ketones (excluding diaryl/α,β-unsaturated/α-hetero) is 1. The minimum absolute atomic E-state index is 0.0555. The van der Waals surface area contributed by atoms with Crippen molar-refractivity contribution in [2.45, 2.75) is 6.92 Å². The van der Waals surface area contributed by atoms with E-state index in [1.54, 1.807) is 36.4 Å². The number of nitrogens with zero attached hydrogens (tertiary/aromatic N) is 2. The van der Waals surface area contributed by atoms with Crippen LogP contribution < -0.4 is 0 Å². The molecule has 0 unspecified atom stereocenters. The van der Waals surface area contributed by atoms with Crippen LogP contribution in [0.4, 0.5) is 5.69 Å². The average molecular weight is 266 g/mol. The third-order valence-electron chi connectivity index (χ3n) is 2.63. The molecule has 2 rings (SSSR count). The predicted octanol–water partition coefficient (Wildman–Crippen LogP) is 4.29. The monoisotopic (exact) mass is 266 g/mol. The second kappa shape index (κ2) is 6.43. The SMILES string of the molecule is CC(=O)C(N=Nc1ccccc1)=C(O)c1ccccc1. The molecule has 1 N–H and O–H groups in total. The largest absolute Gasteiger partial charge is 0.505 e. The van der Waals surface area contributed by atoms with Crippen molar-refractivity contribution in [2.24, 2.45) is 10.2 Å². The van der Waals surface area contributed by atoms with Gasteiger partial charge in [-0.15, -0.1) is 5.11 Å². The second-order valence-electron chi connectivity index (χ2n) is 4.15. The molecule has 0 fully saturated rings. The first-order valence-electron chi connectivity index (χ1n) is 6.15. The van der Waals surface area contributed by atoms with E-state index in [2.05, 4.69) is 10.2 Å². The van der Waals surface area contributed by atoms with Crippen LogP contribution >= 0.6 is 0 Å². The first-order valence-corrected chi connectivity index (χ1v) is 6.15. The maximum atomic E-state index is 11.6. The molecule has 0 radical (unpaired) electrons. The lowest BCUT2D eigenvalue weighted by Gasteiger charge is -2.02. The molecule has 4 heteroatoms. The highest BCUT2D eigenvalue weighted by Crippen LogP contribution is 2.20. The van der Waals surface area contributed by atoms with Gasteiger partial charge in [0.05, 0.1) is 5.69 Å². The van der Waals surface area contributed by atoms with E-state index in [0.717, 1.165) is 0 Å². The molecule has 0 atom stereocenters. The smallest absolute Gasteiger partial charge is 0.183 e. The first kappa shape index (κ1) is 13.7. The van der Waals surface area contributed by atoms with Crippen LogP contribution in [0.15, 0.2) is 76.6 Å². The van der Waals surface area contributed by atoms with Gasteiger partial charge in [-0.1, -0.05) is 48.5 Å². The Morgan fingerprint density at radius 2 is 1.50 bits per heavy atom. The van der Waals surface area contributed by atoms with E-state index in [-0.39, 0.29) is 17.2 Å². The van der Waals surface area contributed by atoms with E-state index in [0.29, 0.717) is 11.3 Å². The molecule has 0 aromatic heterocycles. The number of aliphatic hydroxyl groups excluding tert-OH is 1. The van der Waals surface area contributed by atoms with Gasteiger partial charge in [-0.05, 0) is 12.1 Å². The fourth-order valence-corrected chi connectivity index (χ4v) is 1.62. The molecule has 100 valence electrons. The number of hydrogen-bond donors (Lipinski definition) is 1. The topological polar surface area (TPSA) is 62.0 Å². The summed E-state index contributed by atoms with van der Waals surface area (Å²) >= 11 is 0. The van der Waals surface area contributed by atoms with Crippen LogP contribution in [0.25, 0.3) is 5.76 Å². The molecule has 0 saturated carbocycles. The fourth-order valence-electron chi connectivity index (χ4n) is 1.62. The number of carbonyl (C=O) groups is 1. The van der Waals surface area contributed by atoms with Crippen molar-refractivity contribution in [1.29, 1.82) is 0 Å². The van der Waals surface area contributed by atoms with Gasteiger partial charge in [0.1, 0.15) is 0 Å². The van der Waals surface area contributed by atoms with Gasteiger partial charge in [-0.25, -0.2) is 0 Å². The number of benzene rings is 2. The zero-order chi connectivity index (χ0) is 14.4. The second-order valence-corrected chi connectivity index (χ2v) is 4.15. The van der Waals surface area contributed by atoms with E-state index in [1.165, 1.54) is 6.92 Å². The molecule has 2 aromatic rings. The molecule has 0 heterocycles. The number of carbonyl (C=O) groups excluding carboxylic acids is 1. The Morgan fingerprint density at radius 1 is 0.950 bits per heavy atom. The summed E-state index contributed by atoms with van der Waals surface area (Å²) in [7, 11) is 0. The van der Waals surface area contributed by atoms with Crippen molar-refractivity contribution in [3.05, 3.63) is 71.9 Å². The molecule has 20 heavy (non-hydrogen) atoms. The number of allylic oxidation sites excluding steroid dienone is 1. The van der Waals surface area contributed by atoms with Crippen molar-refractivity contribution in [3.63, 3.8) is 0 Å². The van der Waals surface area contributed by atoms with Crippen LogP contribution in [0.2, 0.25) is 0 Å². The minimum Gasteiger partial charge on any atom is -0.505 e. The Balaban J connectivity index is 2.37. The zero-order valence-corrected chi connectivity index (χ0v) is 11.0. The molecule has 0 spiro atoms. The fraction of sp³-hybridized carbons (Fsp3) is 0.0625. The first-order chi connectivity index (χ1) is 9.68. The summed E-state index contributed by atoms with van der Waals surface area (Å²) < 4.78 is 0. The number of ketones is 1. The highest BCUT2D eigenvalue weighted by atomic mass is 16.3. The quantitative estimate of drug-likeness (QED) is 0.510. The number of rotatable bonds is 4. The molecule has 4 nitrogen and oxygen atoms in total. The van der Waals surface area contributed by atoms with Gasteiger partial charge in [-0.2, -0.15) is 5.11 Å². The summed E-state index contributed by atoms with van der Waals surface area (Å²) in [5.74, 6) is -0.510. The third-order valence-corrected chi connectivity index (χ3v) is 2.63.